The summed E-state index contributed by atoms with van der Waals surface area (Å²) in [7, 11) is 0. The lowest BCUT2D eigenvalue weighted by Gasteiger charge is -2.26. The summed E-state index contributed by atoms with van der Waals surface area (Å²) in [6.07, 6.45) is 5.16. The SMILES string of the molecule is O=C(c1ccc(Cl)cc1Cl)N(Cc1cc(OC2CCCCO2)ccc1Cl)c1ccc(OCCN2CCCC2)cc1. The number of rotatable bonds is 10. The van der Waals surface area contributed by atoms with Crippen molar-refractivity contribution < 1.29 is 19.0 Å². The largest absolute Gasteiger partial charge is 0.492 e. The molecule has 40 heavy (non-hydrogen) atoms. The molecule has 0 aliphatic carbocycles. The Kier molecular flexibility index (Phi) is 10.1. The molecule has 3 aromatic carbocycles. The molecule has 0 N–H and O–H groups in total. The summed E-state index contributed by atoms with van der Waals surface area (Å²) in [4.78, 5) is 17.9. The van der Waals surface area contributed by atoms with Crippen LogP contribution in [0.1, 0.15) is 48.0 Å². The van der Waals surface area contributed by atoms with Gasteiger partial charge in [-0.15, -0.1) is 0 Å². The number of halogens is 3. The molecule has 0 aromatic heterocycles. The standard InChI is InChI=1S/C31H33Cl3N2O4/c32-23-6-12-27(29(34)20-23)31(37)36(24-7-9-25(10-8-24)38-18-16-35-14-2-3-15-35)21-22-19-26(11-13-28(22)33)40-30-5-1-4-17-39-30/h6-13,19-20,30H,1-5,14-18,21H2. The summed E-state index contributed by atoms with van der Waals surface area (Å²) in [5.41, 5.74) is 1.76. The zero-order valence-corrected chi connectivity index (χ0v) is 24.6. The van der Waals surface area contributed by atoms with Crippen LogP contribution in [-0.4, -0.2) is 49.9 Å². The van der Waals surface area contributed by atoms with Crippen LogP contribution in [-0.2, 0) is 11.3 Å². The highest BCUT2D eigenvalue weighted by molar-refractivity contribution is 6.37. The molecule has 2 aliphatic rings. The van der Waals surface area contributed by atoms with Crippen molar-refractivity contribution in [1.29, 1.82) is 0 Å². The normalized spacial score (nSPS) is 17.5. The minimum atomic E-state index is -0.286. The van der Waals surface area contributed by atoms with Crippen molar-refractivity contribution in [2.45, 2.75) is 44.9 Å². The molecule has 1 unspecified atom stereocenters. The number of likely N-dealkylation sites (tertiary alicyclic amines) is 1. The predicted octanol–water partition coefficient (Wildman–Crippen LogP) is 7.87. The summed E-state index contributed by atoms with van der Waals surface area (Å²) in [5, 5.41) is 1.27. The molecule has 1 amide bonds. The van der Waals surface area contributed by atoms with Gasteiger partial charge in [0.05, 0.1) is 23.7 Å². The molecule has 0 bridgehead atoms. The first kappa shape index (κ1) is 29.0. The van der Waals surface area contributed by atoms with Crippen molar-refractivity contribution in [2.24, 2.45) is 0 Å². The highest BCUT2D eigenvalue weighted by Crippen LogP contribution is 2.31. The lowest BCUT2D eigenvalue weighted by Crippen LogP contribution is -2.31. The minimum Gasteiger partial charge on any atom is -0.492 e. The number of carbonyl (C=O) groups excluding carboxylic acids is 1. The van der Waals surface area contributed by atoms with E-state index >= 15 is 0 Å². The van der Waals surface area contributed by atoms with Crippen LogP contribution in [0.25, 0.3) is 0 Å². The average molecular weight is 604 g/mol. The van der Waals surface area contributed by atoms with E-state index in [9.17, 15) is 4.79 Å². The van der Waals surface area contributed by atoms with E-state index < -0.39 is 0 Å². The maximum absolute atomic E-state index is 13.9. The monoisotopic (exact) mass is 602 g/mol. The number of ether oxygens (including phenoxy) is 3. The third-order valence-corrected chi connectivity index (χ3v) is 8.10. The Balaban J connectivity index is 1.36. The van der Waals surface area contributed by atoms with Gasteiger partial charge >= 0.3 is 0 Å². The Morgan fingerprint density at radius 3 is 2.40 bits per heavy atom. The van der Waals surface area contributed by atoms with Gasteiger partial charge in [-0.1, -0.05) is 34.8 Å². The lowest BCUT2D eigenvalue weighted by atomic mass is 10.1. The third-order valence-electron chi connectivity index (χ3n) is 7.18. The maximum atomic E-state index is 13.9. The molecular formula is C31H33Cl3N2O4. The first-order chi connectivity index (χ1) is 19.5. The van der Waals surface area contributed by atoms with Gasteiger partial charge in [-0.3, -0.25) is 9.69 Å². The summed E-state index contributed by atoms with van der Waals surface area (Å²) in [6.45, 7) is 4.69. The van der Waals surface area contributed by atoms with Gasteiger partial charge in [-0.05, 0) is 105 Å². The number of hydrogen-bond acceptors (Lipinski definition) is 5. The summed E-state index contributed by atoms with van der Waals surface area (Å²) < 4.78 is 17.8. The maximum Gasteiger partial charge on any atom is 0.260 e. The molecule has 0 saturated carbocycles. The van der Waals surface area contributed by atoms with Gasteiger partial charge in [-0.2, -0.15) is 0 Å². The van der Waals surface area contributed by atoms with Crippen LogP contribution >= 0.6 is 34.8 Å². The quantitative estimate of drug-likeness (QED) is 0.236. The molecule has 2 fully saturated rings. The molecule has 9 heteroatoms. The Morgan fingerprint density at radius 1 is 0.900 bits per heavy atom. The number of amides is 1. The highest BCUT2D eigenvalue weighted by Gasteiger charge is 2.23. The Labute approximate surface area is 250 Å². The van der Waals surface area contributed by atoms with Gasteiger partial charge in [0.15, 0.2) is 6.29 Å². The molecule has 5 rings (SSSR count). The smallest absolute Gasteiger partial charge is 0.260 e. The Bertz CT molecular complexity index is 1290. The number of carbonyl (C=O) groups is 1. The van der Waals surface area contributed by atoms with E-state index in [1.807, 2.05) is 36.4 Å². The summed E-state index contributed by atoms with van der Waals surface area (Å²) >= 11 is 19.2. The van der Waals surface area contributed by atoms with Crippen molar-refractivity contribution >= 4 is 46.4 Å². The van der Waals surface area contributed by atoms with Crippen molar-refractivity contribution in [3.63, 3.8) is 0 Å². The van der Waals surface area contributed by atoms with Gasteiger partial charge < -0.3 is 19.1 Å². The summed E-state index contributed by atoms with van der Waals surface area (Å²) in [5.74, 6) is 1.12. The summed E-state index contributed by atoms with van der Waals surface area (Å²) in [6, 6.07) is 17.8. The Hall–Kier alpha value is -2.48. The van der Waals surface area contributed by atoms with Crippen LogP contribution in [0.4, 0.5) is 5.69 Å². The Morgan fingerprint density at radius 2 is 1.68 bits per heavy atom. The van der Waals surface area contributed by atoms with Crippen molar-refractivity contribution in [3.8, 4) is 11.5 Å². The van der Waals surface area contributed by atoms with Crippen LogP contribution in [0.2, 0.25) is 15.1 Å². The molecule has 2 heterocycles. The van der Waals surface area contributed by atoms with Gasteiger partial charge in [-0.25, -0.2) is 0 Å². The zero-order valence-electron chi connectivity index (χ0n) is 22.3. The second-order valence-corrected chi connectivity index (χ2v) is 11.3. The molecular weight excluding hydrogens is 571 g/mol. The number of benzene rings is 3. The van der Waals surface area contributed by atoms with Crippen LogP contribution < -0.4 is 14.4 Å². The van der Waals surface area contributed by atoms with Crippen molar-refractivity contribution in [2.75, 3.05) is 37.7 Å². The van der Waals surface area contributed by atoms with Crippen LogP contribution in [0, 0.1) is 0 Å². The van der Waals surface area contributed by atoms with Gasteiger partial charge in [0.25, 0.3) is 5.91 Å². The van der Waals surface area contributed by atoms with Crippen molar-refractivity contribution in [1.82, 2.24) is 4.90 Å². The number of anilines is 1. The first-order valence-corrected chi connectivity index (χ1v) is 14.9. The second kappa shape index (κ2) is 13.9. The van der Waals surface area contributed by atoms with Crippen LogP contribution in [0.5, 0.6) is 11.5 Å². The molecule has 2 saturated heterocycles. The lowest BCUT2D eigenvalue weighted by molar-refractivity contribution is -0.105. The van der Waals surface area contributed by atoms with Gasteiger partial charge in [0, 0.05) is 28.7 Å². The number of nitrogens with zero attached hydrogens (tertiary/aromatic N) is 2. The van der Waals surface area contributed by atoms with E-state index in [4.69, 9.17) is 49.0 Å². The van der Waals surface area contributed by atoms with E-state index in [2.05, 4.69) is 4.90 Å². The fraction of sp³-hybridized carbons (Fsp3) is 0.387. The number of hydrogen-bond donors (Lipinski definition) is 0. The minimum absolute atomic E-state index is 0.203. The van der Waals surface area contributed by atoms with E-state index in [1.54, 1.807) is 29.2 Å². The molecule has 212 valence electrons. The topological polar surface area (TPSA) is 51.2 Å². The molecule has 2 aliphatic heterocycles. The van der Waals surface area contributed by atoms with Gasteiger partial charge in [0.1, 0.15) is 18.1 Å². The van der Waals surface area contributed by atoms with E-state index in [1.165, 1.54) is 12.8 Å². The van der Waals surface area contributed by atoms with Crippen LogP contribution in [0.15, 0.2) is 60.7 Å². The first-order valence-electron chi connectivity index (χ1n) is 13.7. The van der Waals surface area contributed by atoms with Gasteiger partial charge in [0.2, 0.25) is 0 Å². The van der Waals surface area contributed by atoms with Crippen LogP contribution in [0.3, 0.4) is 0 Å². The highest BCUT2D eigenvalue weighted by atomic mass is 35.5. The predicted molar refractivity (Wildman–Crippen MR) is 160 cm³/mol. The molecule has 3 aromatic rings. The average Bonchev–Trinajstić information content (AvgIpc) is 3.48. The fourth-order valence-corrected chi connectivity index (χ4v) is 5.65. The van der Waals surface area contributed by atoms with Crippen molar-refractivity contribution in [3.05, 3.63) is 86.9 Å². The second-order valence-electron chi connectivity index (χ2n) is 10.1. The van der Waals surface area contributed by atoms with E-state index in [-0.39, 0.29) is 23.8 Å². The fourth-order valence-electron chi connectivity index (χ4n) is 4.98. The molecule has 0 spiro atoms. The van der Waals surface area contributed by atoms with E-state index in [0.29, 0.717) is 40.3 Å². The molecule has 0 radical (unpaired) electrons. The van der Waals surface area contributed by atoms with E-state index in [0.717, 1.165) is 50.2 Å². The molecule has 6 nitrogen and oxygen atoms in total. The third kappa shape index (κ3) is 7.62. The zero-order chi connectivity index (χ0) is 27.9. The molecule has 1 atom stereocenters.